The van der Waals surface area contributed by atoms with E-state index in [0.717, 1.165) is 48.4 Å². The highest BCUT2D eigenvalue weighted by molar-refractivity contribution is 6.31. The quantitative estimate of drug-likeness (QED) is 0.900. The standard InChI is InChI=1S/C17H27ClN2O/c1-13(2)10-14-11-20(9-5-8-19-14)12-15-16(18)6-4-7-17(15)21-3/h4,6-7,13-14,19H,5,8-12H2,1-3H3. The first kappa shape index (κ1) is 16.6. The third-order valence-corrected chi connectivity index (χ3v) is 4.35. The predicted octanol–water partition coefficient (Wildman–Crippen LogP) is 3.56. The monoisotopic (exact) mass is 310 g/mol. The number of halogens is 1. The van der Waals surface area contributed by atoms with Crippen LogP contribution in [0.25, 0.3) is 0 Å². The molecule has 0 aliphatic carbocycles. The molecule has 1 fully saturated rings. The van der Waals surface area contributed by atoms with E-state index < -0.39 is 0 Å². The van der Waals surface area contributed by atoms with Crippen LogP contribution in [-0.2, 0) is 6.54 Å². The van der Waals surface area contributed by atoms with E-state index >= 15 is 0 Å². The van der Waals surface area contributed by atoms with Crippen LogP contribution in [-0.4, -0.2) is 37.7 Å². The number of rotatable bonds is 5. The highest BCUT2D eigenvalue weighted by atomic mass is 35.5. The molecule has 0 aromatic heterocycles. The molecule has 3 nitrogen and oxygen atoms in total. The first-order valence-corrected chi connectivity index (χ1v) is 8.25. The Labute approximate surface area is 133 Å². The molecule has 1 aromatic carbocycles. The van der Waals surface area contributed by atoms with Crippen LogP contribution in [0.2, 0.25) is 5.02 Å². The number of benzene rings is 1. The highest BCUT2D eigenvalue weighted by Crippen LogP contribution is 2.28. The summed E-state index contributed by atoms with van der Waals surface area (Å²) >= 11 is 6.37. The molecule has 1 N–H and O–H groups in total. The molecular weight excluding hydrogens is 284 g/mol. The molecule has 1 aromatic rings. The van der Waals surface area contributed by atoms with E-state index in [9.17, 15) is 0 Å². The zero-order valence-electron chi connectivity index (χ0n) is 13.4. The zero-order valence-corrected chi connectivity index (χ0v) is 14.1. The Morgan fingerprint density at radius 2 is 2.24 bits per heavy atom. The molecule has 1 unspecified atom stereocenters. The average molecular weight is 311 g/mol. The Morgan fingerprint density at radius 1 is 1.43 bits per heavy atom. The van der Waals surface area contributed by atoms with Gasteiger partial charge in [0, 0.05) is 29.7 Å². The van der Waals surface area contributed by atoms with Crippen molar-refractivity contribution in [1.82, 2.24) is 10.2 Å². The lowest BCUT2D eigenvalue weighted by Gasteiger charge is -2.26. The average Bonchev–Trinajstić information content (AvgIpc) is 2.65. The van der Waals surface area contributed by atoms with Crippen molar-refractivity contribution in [2.75, 3.05) is 26.7 Å². The molecule has 0 bridgehead atoms. The van der Waals surface area contributed by atoms with Crippen LogP contribution in [0.5, 0.6) is 5.75 Å². The lowest BCUT2D eigenvalue weighted by Crippen LogP contribution is -2.38. The fourth-order valence-electron chi connectivity index (χ4n) is 3.05. The van der Waals surface area contributed by atoms with Gasteiger partial charge in [0.25, 0.3) is 0 Å². The molecule has 118 valence electrons. The fourth-order valence-corrected chi connectivity index (χ4v) is 3.28. The van der Waals surface area contributed by atoms with Gasteiger partial charge in [-0.25, -0.2) is 0 Å². The minimum Gasteiger partial charge on any atom is -0.496 e. The molecule has 4 heteroatoms. The summed E-state index contributed by atoms with van der Waals surface area (Å²) in [5, 5.41) is 4.46. The van der Waals surface area contributed by atoms with Crippen molar-refractivity contribution in [3.05, 3.63) is 28.8 Å². The zero-order chi connectivity index (χ0) is 15.2. The molecule has 1 aliphatic rings. The molecule has 0 spiro atoms. The number of hydrogen-bond acceptors (Lipinski definition) is 3. The Kier molecular flexibility index (Phi) is 6.34. The van der Waals surface area contributed by atoms with Gasteiger partial charge in [-0.3, -0.25) is 4.90 Å². The third-order valence-electron chi connectivity index (χ3n) is 4.00. The van der Waals surface area contributed by atoms with Crippen LogP contribution in [0.1, 0.15) is 32.3 Å². The van der Waals surface area contributed by atoms with Crippen LogP contribution in [0, 0.1) is 5.92 Å². The minimum absolute atomic E-state index is 0.570. The number of nitrogens with one attached hydrogen (secondary N) is 1. The molecule has 0 radical (unpaired) electrons. The number of nitrogens with zero attached hydrogens (tertiary/aromatic N) is 1. The fraction of sp³-hybridized carbons (Fsp3) is 0.647. The minimum atomic E-state index is 0.570. The highest BCUT2D eigenvalue weighted by Gasteiger charge is 2.20. The van der Waals surface area contributed by atoms with E-state index in [1.54, 1.807) is 7.11 Å². The maximum Gasteiger partial charge on any atom is 0.124 e. The van der Waals surface area contributed by atoms with Crippen molar-refractivity contribution in [3.63, 3.8) is 0 Å². The van der Waals surface area contributed by atoms with Crippen molar-refractivity contribution < 1.29 is 4.74 Å². The molecule has 1 saturated heterocycles. The number of ether oxygens (including phenoxy) is 1. The largest absolute Gasteiger partial charge is 0.496 e. The van der Waals surface area contributed by atoms with Gasteiger partial charge in [-0.1, -0.05) is 31.5 Å². The first-order valence-electron chi connectivity index (χ1n) is 7.87. The Balaban J connectivity index is 2.07. The van der Waals surface area contributed by atoms with E-state index in [1.807, 2.05) is 18.2 Å². The number of hydrogen-bond donors (Lipinski definition) is 1. The van der Waals surface area contributed by atoms with Crippen molar-refractivity contribution >= 4 is 11.6 Å². The smallest absolute Gasteiger partial charge is 0.124 e. The summed E-state index contributed by atoms with van der Waals surface area (Å²) in [4.78, 5) is 2.50. The summed E-state index contributed by atoms with van der Waals surface area (Å²) in [6.45, 7) is 8.72. The van der Waals surface area contributed by atoms with Crippen LogP contribution in [0.15, 0.2) is 18.2 Å². The number of methoxy groups -OCH3 is 1. The topological polar surface area (TPSA) is 24.5 Å². The first-order chi connectivity index (χ1) is 10.1. The maximum absolute atomic E-state index is 6.37. The van der Waals surface area contributed by atoms with Gasteiger partial charge in [-0.15, -0.1) is 0 Å². The van der Waals surface area contributed by atoms with Gasteiger partial charge in [0.15, 0.2) is 0 Å². The van der Waals surface area contributed by atoms with E-state index in [4.69, 9.17) is 16.3 Å². The Morgan fingerprint density at radius 3 is 2.95 bits per heavy atom. The predicted molar refractivity (Wildman–Crippen MR) is 89.1 cm³/mol. The summed E-state index contributed by atoms with van der Waals surface area (Å²) in [6.07, 6.45) is 2.40. The lowest BCUT2D eigenvalue weighted by atomic mass is 10.0. The van der Waals surface area contributed by atoms with Crippen LogP contribution in [0.4, 0.5) is 0 Å². The summed E-state index contributed by atoms with van der Waals surface area (Å²) in [5.41, 5.74) is 1.10. The van der Waals surface area contributed by atoms with Gasteiger partial charge in [0.2, 0.25) is 0 Å². The van der Waals surface area contributed by atoms with Gasteiger partial charge in [0.05, 0.1) is 7.11 Å². The lowest BCUT2D eigenvalue weighted by molar-refractivity contribution is 0.244. The molecule has 2 rings (SSSR count). The molecule has 1 heterocycles. The van der Waals surface area contributed by atoms with Crippen molar-refractivity contribution in [2.24, 2.45) is 5.92 Å². The van der Waals surface area contributed by atoms with Gasteiger partial charge in [-0.2, -0.15) is 0 Å². The molecule has 0 saturated carbocycles. The molecule has 21 heavy (non-hydrogen) atoms. The van der Waals surface area contributed by atoms with Crippen LogP contribution >= 0.6 is 11.6 Å². The van der Waals surface area contributed by atoms with E-state index in [0.29, 0.717) is 6.04 Å². The van der Waals surface area contributed by atoms with Gasteiger partial charge in [-0.05, 0) is 44.0 Å². The van der Waals surface area contributed by atoms with Gasteiger partial charge < -0.3 is 10.1 Å². The van der Waals surface area contributed by atoms with Crippen molar-refractivity contribution in [1.29, 1.82) is 0 Å². The summed E-state index contributed by atoms with van der Waals surface area (Å²) in [7, 11) is 1.71. The second-order valence-electron chi connectivity index (χ2n) is 6.29. The van der Waals surface area contributed by atoms with Crippen LogP contribution in [0.3, 0.4) is 0 Å². The van der Waals surface area contributed by atoms with E-state index in [-0.39, 0.29) is 0 Å². The van der Waals surface area contributed by atoms with Gasteiger partial charge in [0.1, 0.15) is 5.75 Å². The van der Waals surface area contributed by atoms with E-state index in [1.165, 1.54) is 12.8 Å². The second-order valence-corrected chi connectivity index (χ2v) is 6.70. The summed E-state index contributed by atoms with van der Waals surface area (Å²) < 4.78 is 5.46. The van der Waals surface area contributed by atoms with Crippen molar-refractivity contribution in [2.45, 2.75) is 39.3 Å². The normalized spacial score (nSPS) is 20.5. The Bertz CT molecular complexity index is 450. The molecule has 0 amide bonds. The second kappa shape index (κ2) is 8.02. The summed E-state index contributed by atoms with van der Waals surface area (Å²) in [6, 6.07) is 6.45. The van der Waals surface area contributed by atoms with E-state index in [2.05, 4.69) is 24.1 Å². The van der Waals surface area contributed by atoms with Crippen LogP contribution < -0.4 is 10.1 Å². The molecule has 1 atom stereocenters. The van der Waals surface area contributed by atoms with Gasteiger partial charge >= 0.3 is 0 Å². The Hall–Kier alpha value is -0.770. The SMILES string of the molecule is COc1cccc(Cl)c1CN1CCCNC(CC(C)C)C1. The summed E-state index contributed by atoms with van der Waals surface area (Å²) in [5.74, 6) is 1.61. The third kappa shape index (κ3) is 4.87. The molecular formula is C17H27ClN2O. The molecule has 1 aliphatic heterocycles. The maximum atomic E-state index is 6.37. The van der Waals surface area contributed by atoms with Crippen molar-refractivity contribution in [3.8, 4) is 5.75 Å².